The Kier molecular flexibility index (Phi) is 6.20. The van der Waals surface area contributed by atoms with Crippen molar-refractivity contribution in [1.29, 1.82) is 0 Å². The van der Waals surface area contributed by atoms with Gasteiger partial charge in [0.2, 0.25) is 5.91 Å². The predicted molar refractivity (Wildman–Crippen MR) is 119 cm³/mol. The van der Waals surface area contributed by atoms with Gasteiger partial charge in [0.05, 0.1) is 5.69 Å². The van der Waals surface area contributed by atoms with Gasteiger partial charge in [-0.05, 0) is 24.6 Å². The molecule has 3 amide bonds. The molecule has 4 rings (SSSR count). The highest BCUT2D eigenvalue weighted by Gasteiger charge is 2.27. The van der Waals surface area contributed by atoms with E-state index in [0.717, 1.165) is 11.1 Å². The van der Waals surface area contributed by atoms with Gasteiger partial charge in [-0.2, -0.15) is 5.10 Å². The fourth-order valence-corrected chi connectivity index (χ4v) is 3.50. The topological polar surface area (TPSA) is 100 Å². The molecule has 8 nitrogen and oxygen atoms in total. The van der Waals surface area contributed by atoms with E-state index in [0.29, 0.717) is 29.5 Å². The van der Waals surface area contributed by atoms with E-state index in [1.165, 1.54) is 0 Å². The maximum Gasteiger partial charge on any atom is 0.320 e. The second-order valence-electron chi connectivity index (χ2n) is 7.40. The molecule has 0 saturated carbocycles. The third-order valence-electron chi connectivity index (χ3n) is 4.89. The lowest BCUT2D eigenvalue weighted by Gasteiger charge is -2.30. The van der Waals surface area contributed by atoms with Gasteiger partial charge in [-0.15, -0.1) is 0 Å². The molecule has 2 atom stereocenters. The van der Waals surface area contributed by atoms with Crippen LogP contribution in [0.1, 0.15) is 25.2 Å². The zero-order chi connectivity index (χ0) is 21.8. The minimum absolute atomic E-state index is 0.0188. The first-order chi connectivity index (χ1) is 15.0. The molecule has 1 fully saturated rings. The Morgan fingerprint density at radius 1 is 1.19 bits per heavy atom. The van der Waals surface area contributed by atoms with Crippen LogP contribution in [0, 0.1) is 0 Å². The first-order valence-corrected chi connectivity index (χ1v) is 10.4. The van der Waals surface area contributed by atoms with Gasteiger partial charge in [0.15, 0.2) is 6.29 Å². The molecule has 9 heteroatoms. The fourth-order valence-electron chi connectivity index (χ4n) is 3.37. The molecule has 4 N–H and O–H groups in total. The molecule has 0 radical (unpaired) electrons. The molecule has 0 aliphatic carbocycles. The van der Waals surface area contributed by atoms with Crippen molar-refractivity contribution in [2.75, 3.05) is 5.32 Å². The van der Waals surface area contributed by atoms with Crippen molar-refractivity contribution in [3.8, 4) is 11.3 Å². The summed E-state index contributed by atoms with van der Waals surface area (Å²) in [7, 11) is 0. The van der Waals surface area contributed by atoms with Crippen molar-refractivity contribution in [2.24, 2.45) is 0 Å². The number of aromatic nitrogens is 2. The summed E-state index contributed by atoms with van der Waals surface area (Å²) in [6.45, 7) is 2.28. The van der Waals surface area contributed by atoms with Crippen molar-refractivity contribution in [2.45, 2.75) is 32.2 Å². The number of benzene rings is 2. The van der Waals surface area contributed by atoms with Crippen LogP contribution in [0.3, 0.4) is 0 Å². The van der Waals surface area contributed by atoms with Crippen LogP contribution in [0.25, 0.3) is 11.3 Å². The Hall–Kier alpha value is -3.36. The van der Waals surface area contributed by atoms with Crippen LogP contribution in [-0.4, -0.2) is 27.8 Å². The molecule has 3 aromatic rings. The Morgan fingerprint density at radius 2 is 1.94 bits per heavy atom. The highest BCUT2D eigenvalue weighted by atomic mass is 35.5. The van der Waals surface area contributed by atoms with Gasteiger partial charge in [0.1, 0.15) is 5.82 Å². The lowest BCUT2D eigenvalue weighted by atomic mass is 10.2. The number of nitrogens with one attached hydrogen (secondary N) is 4. The van der Waals surface area contributed by atoms with Crippen LogP contribution in [-0.2, 0) is 11.3 Å². The monoisotopic (exact) mass is 438 g/mol. The molecule has 1 aliphatic rings. The molecule has 31 heavy (non-hydrogen) atoms. The van der Waals surface area contributed by atoms with Crippen LogP contribution in [0.15, 0.2) is 60.7 Å². The minimum atomic E-state index is -0.569. The Morgan fingerprint density at radius 3 is 2.65 bits per heavy atom. The molecule has 2 heterocycles. The number of nitrogens with zero attached hydrogens (tertiary/aromatic N) is 2. The maximum atomic E-state index is 12.6. The van der Waals surface area contributed by atoms with Crippen LogP contribution in [0.2, 0.25) is 5.02 Å². The zero-order valence-electron chi connectivity index (χ0n) is 16.9. The molecule has 1 saturated heterocycles. The van der Waals surface area contributed by atoms with Crippen LogP contribution >= 0.6 is 11.6 Å². The number of carbonyl (C=O) groups is 2. The zero-order valence-corrected chi connectivity index (χ0v) is 17.7. The van der Waals surface area contributed by atoms with Crippen LogP contribution in [0.4, 0.5) is 10.6 Å². The quantitative estimate of drug-likeness (QED) is 0.490. The van der Waals surface area contributed by atoms with Gasteiger partial charge in [-0.3, -0.25) is 15.4 Å². The van der Waals surface area contributed by atoms with E-state index in [4.69, 9.17) is 11.6 Å². The molecular weight excluding hydrogens is 416 g/mol. The van der Waals surface area contributed by atoms with E-state index in [1.54, 1.807) is 22.9 Å². The van der Waals surface area contributed by atoms with Crippen molar-refractivity contribution in [3.05, 3.63) is 71.2 Å². The highest BCUT2D eigenvalue weighted by molar-refractivity contribution is 6.30. The molecular formula is C22H23ClN6O2. The van der Waals surface area contributed by atoms with E-state index in [1.807, 2.05) is 49.4 Å². The van der Waals surface area contributed by atoms with E-state index in [2.05, 4.69) is 26.4 Å². The maximum absolute atomic E-state index is 12.6. The van der Waals surface area contributed by atoms with Gasteiger partial charge in [0.25, 0.3) is 0 Å². The van der Waals surface area contributed by atoms with E-state index in [-0.39, 0.29) is 18.0 Å². The van der Waals surface area contributed by atoms with Gasteiger partial charge in [-0.25, -0.2) is 9.48 Å². The third-order valence-corrected chi connectivity index (χ3v) is 5.14. The number of anilines is 1. The number of carbonyl (C=O) groups excluding carboxylic acids is 2. The molecule has 1 aliphatic heterocycles. The van der Waals surface area contributed by atoms with Gasteiger partial charge < -0.3 is 10.6 Å². The largest absolute Gasteiger partial charge is 0.334 e. The number of rotatable bonds is 5. The van der Waals surface area contributed by atoms with Gasteiger partial charge in [0, 0.05) is 35.7 Å². The molecule has 0 spiro atoms. The van der Waals surface area contributed by atoms with E-state index in [9.17, 15) is 9.59 Å². The Labute approximate surface area is 185 Å². The number of hydrogen-bond acceptors (Lipinski definition) is 4. The smallest absolute Gasteiger partial charge is 0.320 e. The SMILES string of the molecule is CC1CC(=O)NC(n2nc(-c3ccccc3)cc2NC(=O)NCc2ccc(Cl)cc2)N1. The van der Waals surface area contributed by atoms with Crippen LogP contribution < -0.4 is 21.3 Å². The van der Waals surface area contributed by atoms with E-state index < -0.39 is 6.29 Å². The lowest BCUT2D eigenvalue weighted by Crippen LogP contribution is -2.52. The molecule has 0 bridgehead atoms. The minimum Gasteiger partial charge on any atom is -0.334 e. The summed E-state index contributed by atoms with van der Waals surface area (Å²) >= 11 is 5.90. The Balaban J connectivity index is 1.54. The van der Waals surface area contributed by atoms with Gasteiger partial charge >= 0.3 is 6.03 Å². The first kappa shape index (κ1) is 20.9. The average molecular weight is 439 g/mol. The van der Waals surface area contributed by atoms with Crippen molar-refractivity contribution < 1.29 is 9.59 Å². The van der Waals surface area contributed by atoms with E-state index >= 15 is 0 Å². The normalized spacial score (nSPS) is 18.3. The number of amides is 3. The predicted octanol–water partition coefficient (Wildman–Crippen LogP) is 3.48. The summed E-state index contributed by atoms with van der Waals surface area (Å²) in [4.78, 5) is 24.6. The molecule has 2 unspecified atom stereocenters. The molecule has 1 aromatic heterocycles. The average Bonchev–Trinajstić information content (AvgIpc) is 3.17. The fraction of sp³-hybridized carbons (Fsp3) is 0.227. The van der Waals surface area contributed by atoms with Crippen molar-refractivity contribution >= 4 is 29.4 Å². The third kappa shape index (κ3) is 5.22. The standard InChI is InChI=1S/C22H23ClN6O2/c1-14-11-20(30)27-21(25-14)29-19(12-18(28-29)16-5-3-2-4-6-16)26-22(31)24-13-15-7-9-17(23)10-8-15/h2-10,12,14,21,25H,11,13H2,1H3,(H,27,30)(H2,24,26,31). The number of urea groups is 1. The first-order valence-electron chi connectivity index (χ1n) is 9.97. The number of hydrogen-bond donors (Lipinski definition) is 4. The summed E-state index contributed by atoms with van der Waals surface area (Å²) in [6, 6.07) is 18.3. The molecule has 160 valence electrons. The summed E-state index contributed by atoms with van der Waals surface area (Å²) in [5, 5.41) is 17.1. The highest BCUT2D eigenvalue weighted by Crippen LogP contribution is 2.24. The lowest BCUT2D eigenvalue weighted by molar-refractivity contribution is -0.125. The van der Waals surface area contributed by atoms with Gasteiger partial charge in [-0.1, -0.05) is 54.1 Å². The second-order valence-corrected chi connectivity index (χ2v) is 7.84. The van der Waals surface area contributed by atoms with Crippen LogP contribution in [0.5, 0.6) is 0 Å². The van der Waals surface area contributed by atoms with Crippen molar-refractivity contribution in [3.63, 3.8) is 0 Å². The Bertz CT molecular complexity index is 1070. The number of halogens is 1. The van der Waals surface area contributed by atoms with Crippen molar-refractivity contribution in [1.82, 2.24) is 25.7 Å². The summed E-state index contributed by atoms with van der Waals surface area (Å²) in [6.07, 6.45) is -0.187. The second kappa shape index (κ2) is 9.20. The summed E-state index contributed by atoms with van der Waals surface area (Å²) < 4.78 is 1.58. The summed E-state index contributed by atoms with van der Waals surface area (Å²) in [5.41, 5.74) is 2.51. The molecule has 2 aromatic carbocycles. The summed E-state index contributed by atoms with van der Waals surface area (Å²) in [5.74, 6) is 0.380.